The number of hydrogen-bond donors (Lipinski definition) is 2. The lowest BCUT2D eigenvalue weighted by Crippen LogP contribution is -2.57. The van der Waals surface area contributed by atoms with Crippen LogP contribution in [0.4, 0.5) is 0 Å². The summed E-state index contributed by atoms with van der Waals surface area (Å²) in [7, 11) is -2.31. The highest BCUT2D eigenvalue weighted by Crippen LogP contribution is 2.46. The number of fused-ring (bicyclic) bond motifs is 3. The summed E-state index contributed by atoms with van der Waals surface area (Å²) in [4.78, 5) is 65.3. The largest absolute Gasteiger partial charge is 0.497 e. The molecule has 59 heavy (non-hydrogen) atoms. The summed E-state index contributed by atoms with van der Waals surface area (Å²) in [5.74, 6) is -1.77. The van der Waals surface area contributed by atoms with Crippen LogP contribution in [-0.2, 0) is 33.9 Å². The highest BCUT2D eigenvalue weighted by atomic mass is 32.2. The average molecular weight is 828 g/mol. The zero-order valence-corrected chi connectivity index (χ0v) is 34.5. The number of hydrogen-bond acceptors (Lipinski definition) is 10. The number of amides is 4. The van der Waals surface area contributed by atoms with Gasteiger partial charge in [-0.1, -0.05) is 55.3 Å². The van der Waals surface area contributed by atoms with Crippen LogP contribution in [0.2, 0.25) is 0 Å². The van der Waals surface area contributed by atoms with Crippen LogP contribution >= 0.6 is 0 Å². The van der Waals surface area contributed by atoms with Crippen molar-refractivity contribution in [1.29, 1.82) is 0 Å². The first kappa shape index (κ1) is 40.7. The molecule has 2 aliphatic carbocycles. The summed E-state index contributed by atoms with van der Waals surface area (Å²) in [6, 6.07) is 16.0. The van der Waals surface area contributed by atoms with Gasteiger partial charge in [-0.2, -0.15) is 0 Å². The number of rotatable bonds is 9. The van der Waals surface area contributed by atoms with E-state index >= 15 is 0 Å². The predicted octanol–water partition coefficient (Wildman–Crippen LogP) is 4.52. The van der Waals surface area contributed by atoms with Crippen LogP contribution in [-0.4, -0.2) is 109 Å². The van der Waals surface area contributed by atoms with Gasteiger partial charge in [0, 0.05) is 60.8 Å². The number of aromatic nitrogens is 1. The third kappa shape index (κ3) is 8.96. The first-order valence-electron chi connectivity index (χ1n) is 20.9. The van der Waals surface area contributed by atoms with E-state index in [1.54, 1.807) is 12.0 Å². The van der Waals surface area contributed by atoms with Crippen molar-refractivity contribution in [2.24, 2.45) is 11.8 Å². The van der Waals surface area contributed by atoms with E-state index in [1.165, 1.54) is 4.90 Å². The molecule has 0 radical (unpaired) electrons. The van der Waals surface area contributed by atoms with Crippen LogP contribution in [0, 0.1) is 11.8 Å². The molecule has 14 nitrogen and oxygen atoms in total. The normalized spacial score (nSPS) is 28.3. The number of pyridine rings is 1. The summed E-state index contributed by atoms with van der Waals surface area (Å²) < 4.78 is 46.1. The highest BCUT2D eigenvalue weighted by Gasteiger charge is 2.62. The number of carbonyl (C=O) groups excluding carboxylic acids is 4. The summed E-state index contributed by atoms with van der Waals surface area (Å²) in [6.07, 6.45) is 7.94. The molecule has 6 atom stereocenters. The summed E-state index contributed by atoms with van der Waals surface area (Å²) in [5, 5.41) is 3.05. The summed E-state index contributed by atoms with van der Waals surface area (Å²) >= 11 is 0. The zero-order chi connectivity index (χ0) is 41.3. The molecule has 1 unspecified atom stereocenters. The monoisotopic (exact) mass is 827 g/mol. The number of methoxy groups -OCH3 is 1. The fraction of sp³-hybridized carbons (Fsp3) is 0.523. The lowest BCUT2D eigenvalue weighted by Gasteiger charge is -2.33. The van der Waals surface area contributed by atoms with Gasteiger partial charge in [0.1, 0.15) is 29.2 Å². The Kier molecular flexibility index (Phi) is 11.7. The minimum atomic E-state index is -3.89. The Labute approximate surface area is 345 Å². The number of sulfonamides is 1. The maximum atomic E-state index is 14.9. The topological polar surface area (TPSA) is 174 Å². The van der Waals surface area contributed by atoms with Crippen LogP contribution in [0.1, 0.15) is 71.1 Å². The Morgan fingerprint density at radius 2 is 1.85 bits per heavy atom. The van der Waals surface area contributed by atoms with E-state index in [1.807, 2.05) is 73.7 Å². The molecular weight excluding hydrogens is 775 g/mol. The molecule has 314 valence electrons. The van der Waals surface area contributed by atoms with Crippen molar-refractivity contribution in [3.05, 3.63) is 66.7 Å². The lowest BCUT2D eigenvalue weighted by molar-refractivity contribution is -0.147. The van der Waals surface area contributed by atoms with Gasteiger partial charge in [-0.15, -0.1) is 0 Å². The van der Waals surface area contributed by atoms with Gasteiger partial charge in [0.15, 0.2) is 0 Å². The quantitative estimate of drug-likeness (QED) is 0.292. The molecule has 3 aliphatic heterocycles. The first-order valence-corrected chi connectivity index (χ1v) is 22.4. The number of allylic oxidation sites excluding steroid dienone is 1. The number of carbonyl (C=O) groups is 4. The molecule has 2 saturated heterocycles. The van der Waals surface area contributed by atoms with Gasteiger partial charge in [0.2, 0.25) is 27.7 Å². The van der Waals surface area contributed by atoms with Crippen molar-refractivity contribution < 1.29 is 41.8 Å². The molecule has 3 aromatic rings. The molecule has 8 rings (SSSR count). The first-order chi connectivity index (χ1) is 28.4. The molecule has 2 N–H and O–H groups in total. The molecular formula is C44H53N5O9S. The highest BCUT2D eigenvalue weighted by molar-refractivity contribution is 7.91. The molecule has 1 aromatic heterocycles. The molecule has 2 aromatic carbocycles. The van der Waals surface area contributed by atoms with E-state index in [2.05, 4.69) is 10.0 Å². The third-order valence-corrected chi connectivity index (χ3v) is 14.1. The SMILES string of the molecule is COc1ccc2c(O[C@@H]3C[C@H]4C(=O)N[C@]5(C(=O)NS(=O)(=O)C6CC6)C[C@@H]5/C=C\CCCCC[C@H](CC(=O)N5CCOC(C)C5)C(=O)N4C3)cc(-c3ccccc3)nc2c1. The van der Waals surface area contributed by atoms with Crippen molar-refractivity contribution in [3.63, 3.8) is 0 Å². The predicted molar refractivity (Wildman–Crippen MR) is 220 cm³/mol. The van der Waals surface area contributed by atoms with Crippen LogP contribution in [0.5, 0.6) is 11.5 Å². The molecule has 4 heterocycles. The van der Waals surface area contributed by atoms with Crippen LogP contribution in [0.3, 0.4) is 0 Å². The molecule has 0 bridgehead atoms. The van der Waals surface area contributed by atoms with E-state index in [4.69, 9.17) is 19.2 Å². The molecule has 2 saturated carbocycles. The third-order valence-electron chi connectivity index (χ3n) is 12.3. The fourth-order valence-electron chi connectivity index (χ4n) is 8.70. The number of benzene rings is 2. The molecule has 15 heteroatoms. The smallest absolute Gasteiger partial charge is 0.259 e. The van der Waals surface area contributed by atoms with Gasteiger partial charge in [-0.3, -0.25) is 23.9 Å². The van der Waals surface area contributed by atoms with Crippen LogP contribution < -0.4 is 19.5 Å². The van der Waals surface area contributed by atoms with Crippen molar-refractivity contribution in [1.82, 2.24) is 24.8 Å². The van der Waals surface area contributed by atoms with E-state index < -0.39 is 56.6 Å². The number of morpholine rings is 1. The maximum absolute atomic E-state index is 14.9. The van der Waals surface area contributed by atoms with E-state index in [9.17, 15) is 27.6 Å². The summed E-state index contributed by atoms with van der Waals surface area (Å²) in [6.45, 7) is 3.28. The Morgan fingerprint density at radius 3 is 2.61 bits per heavy atom. The van der Waals surface area contributed by atoms with Gasteiger partial charge in [0.05, 0.1) is 42.8 Å². The van der Waals surface area contributed by atoms with Crippen molar-refractivity contribution >= 4 is 44.6 Å². The van der Waals surface area contributed by atoms with Gasteiger partial charge in [-0.25, -0.2) is 13.4 Å². The van der Waals surface area contributed by atoms with Crippen LogP contribution in [0.15, 0.2) is 66.7 Å². The number of nitrogens with one attached hydrogen (secondary N) is 2. The van der Waals surface area contributed by atoms with Crippen molar-refractivity contribution in [2.75, 3.05) is 33.4 Å². The average Bonchev–Trinajstić information content (AvgIpc) is 4.16. The Hall–Kier alpha value is -5.02. The number of ether oxygens (including phenoxy) is 3. The van der Waals surface area contributed by atoms with Gasteiger partial charge in [-0.05, 0) is 57.6 Å². The molecule has 4 fully saturated rings. The second-order valence-electron chi connectivity index (χ2n) is 16.7. The van der Waals surface area contributed by atoms with E-state index in [0.717, 1.165) is 24.8 Å². The van der Waals surface area contributed by atoms with Crippen LogP contribution in [0.25, 0.3) is 22.2 Å². The van der Waals surface area contributed by atoms with E-state index in [-0.39, 0.29) is 43.7 Å². The van der Waals surface area contributed by atoms with Gasteiger partial charge in [0.25, 0.3) is 5.91 Å². The maximum Gasteiger partial charge on any atom is 0.259 e. The van der Waals surface area contributed by atoms with Crippen molar-refractivity contribution in [3.8, 4) is 22.8 Å². The minimum absolute atomic E-state index is 0.00742. The molecule has 0 spiro atoms. The molecule has 5 aliphatic rings. The molecule has 4 amide bonds. The van der Waals surface area contributed by atoms with Gasteiger partial charge < -0.3 is 29.3 Å². The minimum Gasteiger partial charge on any atom is -0.497 e. The van der Waals surface area contributed by atoms with Gasteiger partial charge >= 0.3 is 0 Å². The zero-order valence-electron chi connectivity index (χ0n) is 33.6. The van der Waals surface area contributed by atoms with E-state index in [0.29, 0.717) is 73.5 Å². The lowest BCUT2D eigenvalue weighted by atomic mass is 9.94. The fourth-order valence-corrected chi connectivity index (χ4v) is 10.1. The Morgan fingerprint density at radius 1 is 1.03 bits per heavy atom. The Balaban J connectivity index is 1.12. The van der Waals surface area contributed by atoms with Crippen molar-refractivity contribution in [2.45, 2.75) is 100 Å². The second kappa shape index (κ2) is 16.9. The second-order valence-corrected chi connectivity index (χ2v) is 18.6. The Bertz CT molecular complexity index is 2230. The number of nitrogens with zero attached hydrogens (tertiary/aromatic N) is 3. The standard InChI is InChI=1S/C44H53N5O9S/c1-28-26-48(19-20-57-28)40(50)21-30-13-7-4-3-5-10-14-31-25-44(31,43(53)47-59(54,55)34-16-17-34)46-41(51)38-23-33(27-49(38)42(30)52)58-39-24-36(29-11-8-6-9-12-29)45-37-22-32(56-2)15-18-35(37)39/h6,8-12,14-15,18,22,24,28,30-31,33-34,38H,3-5,7,13,16-17,19-21,23,25-27H2,1-2H3,(H,46,51)(H,47,53)/b14-10-/t28?,30-,31+,33-,38+,44-/m1/s1. The summed E-state index contributed by atoms with van der Waals surface area (Å²) in [5.41, 5.74) is 0.691.